The summed E-state index contributed by atoms with van der Waals surface area (Å²) in [4.78, 5) is 37.2. The van der Waals surface area contributed by atoms with E-state index in [1.54, 1.807) is 66.7 Å². The first-order valence-corrected chi connectivity index (χ1v) is 10.6. The summed E-state index contributed by atoms with van der Waals surface area (Å²) < 4.78 is 36.6. The highest BCUT2D eigenvalue weighted by atomic mass is 19.1. The highest BCUT2D eigenvalue weighted by Crippen LogP contribution is 2.29. The van der Waals surface area contributed by atoms with Crippen molar-refractivity contribution in [3.05, 3.63) is 108 Å². The molecule has 1 aliphatic rings. The normalized spacial score (nSPS) is 21.4. The van der Waals surface area contributed by atoms with Gasteiger partial charge in [-0.3, -0.25) is 0 Å². The molecule has 0 spiro atoms. The van der Waals surface area contributed by atoms with Gasteiger partial charge >= 0.3 is 17.9 Å². The van der Waals surface area contributed by atoms with Gasteiger partial charge in [0, 0.05) is 0 Å². The van der Waals surface area contributed by atoms with Crippen molar-refractivity contribution in [1.82, 2.24) is 0 Å². The minimum Gasteiger partial charge on any atom is -0.459 e. The Labute approximate surface area is 195 Å². The van der Waals surface area contributed by atoms with Crippen LogP contribution in [-0.4, -0.2) is 49.2 Å². The molecule has 3 aromatic carbocycles. The zero-order valence-corrected chi connectivity index (χ0v) is 17.9. The number of alkyl halides is 1. The molecule has 0 aliphatic carbocycles. The molecule has 1 saturated heterocycles. The number of rotatable bonds is 7. The van der Waals surface area contributed by atoms with Gasteiger partial charge in [0.15, 0.2) is 6.10 Å². The summed E-state index contributed by atoms with van der Waals surface area (Å²) in [5, 5.41) is 0. The van der Waals surface area contributed by atoms with Crippen LogP contribution in [0.1, 0.15) is 31.1 Å². The molecule has 1 fully saturated rings. The third-order valence-corrected chi connectivity index (χ3v) is 5.12. The summed E-state index contributed by atoms with van der Waals surface area (Å²) in [6.07, 6.45) is -6.31. The molecule has 7 nitrogen and oxygen atoms in total. The van der Waals surface area contributed by atoms with E-state index in [0.717, 1.165) is 0 Å². The minimum atomic E-state index is -2.00. The second kappa shape index (κ2) is 10.7. The highest BCUT2D eigenvalue weighted by Gasteiger charge is 2.50. The molecule has 1 heterocycles. The molecule has 0 amide bonds. The largest absolute Gasteiger partial charge is 0.459 e. The molecule has 0 radical (unpaired) electrons. The predicted molar refractivity (Wildman–Crippen MR) is 118 cm³/mol. The summed E-state index contributed by atoms with van der Waals surface area (Å²) in [6.45, 7) is -0.416. The van der Waals surface area contributed by atoms with E-state index in [2.05, 4.69) is 0 Å². The maximum Gasteiger partial charge on any atom is 0.340 e. The Morgan fingerprint density at radius 3 is 1.62 bits per heavy atom. The second-order valence-electron chi connectivity index (χ2n) is 7.46. The fraction of sp³-hybridized carbons (Fsp3) is 0.192. The summed E-state index contributed by atoms with van der Waals surface area (Å²) in [5.74, 6) is -2.24. The Balaban J connectivity index is 1.47. The van der Waals surface area contributed by atoms with Crippen LogP contribution in [0.4, 0.5) is 4.39 Å². The molecule has 4 rings (SSSR count). The van der Waals surface area contributed by atoms with Crippen molar-refractivity contribution < 1.29 is 37.7 Å². The molecule has 174 valence electrons. The van der Waals surface area contributed by atoms with E-state index in [4.69, 9.17) is 18.9 Å². The third kappa shape index (κ3) is 5.47. The average molecular weight is 464 g/mol. The van der Waals surface area contributed by atoms with E-state index in [-0.39, 0.29) is 11.1 Å². The molecular weight excluding hydrogens is 443 g/mol. The van der Waals surface area contributed by atoms with Crippen molar-refractivity contribution in [3.63, 3.8) is 0 Å². The standard InChI is InChI=1S/C26H21FO7/c27-21-22(33-24(29)18-12-6-2-7-13-18)20(16-31-23(28)17-10-4-1-5-11-17)32-26(21)34-25(30)19-14-8-3-9-15-19/h1-15,20-22,26H,16H2/t20-,21-,22+,26-/m0/s1. The van der Waals surface area contributed by atoms with Gasteiger partial charge in [0.2, 0.25) is 12.5 Å². The lowest BCUT2D eigenvalue weighted by Crippen LogP contribution is -2.37. The Hall–Kier alpha value is -4.04. The molecule has 3 aromatic rings. The van der Waals surface area contributed by atoms with Crippen molar-refractivity contribution in [2.24, 2.45) is 0 Å². The van der Waals surface area contributed by atoms with Gasteiger partial charge in [0.05, 0.1) is 16.7 Å². The van der Waals surface area contributed by atoms with Crippen LogP contribution < -0.4 is 0 Å². The number of benzene rings is 3. The van der Waals surface area contributed by atoms with Gasteiger partial charge in [-0.05, 0) is 36.4 Å². The van der Waals surface area contributed by atoms with Crippen LogP contribution in [0.25, 0.3) is 0 Å². The minimum absolute atomic E-state index is 0.204. The van der Waals surface area contributed by atoms with E-state index in [1.807, 2.05) is 0 Å². The molecule has 0 aromatic heterocycles. The maximum absolute atomic E-state index is 15.3. The Morgan fingerprint density at radius 1 is 0.676 bits per heavy atom. The van der Waals surface area contributed by atoms with Crippen molar-refractivity contribution in [2.75, 3.05) is 6.61 Å². The molecule has 0 N–H and O–H groups in total. The number of carbonyl (C=O) groups is 3. The summed E-state index contributed by atoms with van der Waals surface area (Å²) >= 11 is 0. The van der Waals surface area contributed by atoms with E-state index >= 15 is 4.39 Å². The summed E-state index contributed by atoms with van der Waals surface area (Å²) in [7, 11) is 0. The van der Waals surface area contributed by atoms with Crippen LogP contribution in [0.3, 0.4) is 0 Å². The number of ether oxygens (including phenoxy) is 4. The lowest BCUT2D eigenvalue weighted by molar-refractivity contribution is -0.129. The van der Waals surface area contributed by atoms with Crippen molar-refractivity contribution in [3.8, 4) is 0 Å². The Morgan fingerprint density at radius 2 is 1.12 bits per heavy atom. The molecule has 0 saturated carbocycles. The van der Waals surface area contributed by atoms with Crippen molar-refractivity contribution in [1.29, 1.82) is 0 Å². The van der Waals surface area contributed by atoms with E-state index < -0.39 is 49.2 Å². The number of hydrogen-bond donors (Lipinski definition) is 0. The lowest BCUT2D eigenvalue weighted by Gasteiger charge is -2.19. The van der Waals surface area contributed by atoms with Gasteiger partial charge < -0.3 is 18.9 Å². The Bertz CT molecular complexity index is 1120. The molecule has 0 unspecified atom stereocenters. The zero-order valence-electron chi connectivity index (χ0n) is 17.9. The van der Waals surface area contributed by atoms with Crippen LogP contribution in [0, 0.1) is 0 Å². The van der Waals surface area contributed by atoms with Gasteiger partial charge in [-0.2, -0.15) is 0 Å². The molecule has 1 aliphatic heterocycles. The summed E-state index contributed by atoms with van der Waals surface area (Å²) in [6, 6.07) is 24.2. The van der Waals surface area contributed by atoms with E-state index in [1.165, 1.54) is 24.3 Å². The number of carbonyl (C=O) groups excluding carboxylic acids is 3. The molecule has 0 bridgehead atoms. The summed E-state index contributed by atoms with van der Waals surface area (Å²) in [5.41, 5.74) is 0.705. The van der Waals surface area contributed by atoms with Crippen LogP contribution in [0.15, 0.2) is 91.0 Å². The highest BCUT2D eigenvalue weighted by molar-refractivity contribution is 5.90. The van der Waals surface area contributed by atoms with Gasteiger partial charge in [0.1, 0.15) is 12.7 Å². The second-order valence-corrected chi connectivity index (χ2v) is 7.46. The number of halogens is 1. The van der Waals surface area contributed by atoms with Crippen LogP contribution in [0.5, 0.6) is 0 Å². The van der Waals surface area contributed by atoms with Gasteiger partial charge in [0.25, 0.3) is 0 Å². The van der Waals surface area contributed by atoms with Crippen LogP contribution >= 0.6 is 0 Å². The third-order valence-electron chi connectivity index (χ3n) is 5.12. The Kier molecular flexibility index (Phi) is 7.29. The molecule has 34 heavy (non-hydrogen) atoms. The van der Waals surface area contributed by atoms with Crippen LogP contribution in [-0.2, 0) is 18.9 Å². The van der Waals surface area contributed by atoms with Crippen LogP contribution in [0.2, 0.25) is 0 Å². The molecular formula is C26H21FO7. The van der Waals surface area contributed by atoms with Gasteiger partial charge in [-0.1, -0.05) is 54.6 Å². The van der Waals surface area contributed by atoms with Crippen molar-refractivity contribution >= 4 is 17.9 Å². The predicted octanol–water partition coefficient (Wildman–Crippen LogP) is 3.99. The first-order valence-electron chi connectivity index (χ1n) is 10.6. The monoisotopic (exact) mass is 464 g/mol. The number of esters is 3. The molecule has 8 heteroatoms. The number of hydrogen-bond acceptors (Lipinski definition) is 7. The van der Waals surface area contributed by atoms with E-state index in [0.29, 0.717) is 5.56 Å². The molecule has 4 atom stereocenters. The SMILES string of the molecule is O=C(OC[C@@H]1O[C@@H](OC(=O)c2ccccc2)[C@@H](F)[C@@H]1OC(=O)c1ccccc1)c1ccccc1. The average Bonchev–Trinajstić information content (AvgIpc) is 3.17. The van der Waals surface area contributed by atoms with Gasteiger partial charge in [-0.25, -0.2) is 18.8 Å². The topological polar surface area (TPSA) is 88.1 Å². The smallest absolute Gasteiger partial charge is 0.340 e. The lowest BCUT2D eigenvalue weighted by atomic mass is 10.1. The van der Waals surface area contributed by atoms with Crippen molar-refractivity contribution in [2.45, 2.75) is 24.7 Å². The fourth-order valence-corrected chi connectivity index (χ4v) is 3.38. The quantitative estimate of drug-likeness (QED) is 0.386. The maximum atomic E-state index is 15.3. The first-order chi connectivity index (χ1) is 16.5. The van der Waals surface area contributed by atoms with Gasteiger partial charge in [-0.15, -0.1) is 0 Å². The van der Waals surface area contributed by atoms with E-state index in [9.17, 15) is 14.4 Å². The first kappa shape index (κ1) is 23.1. The zero-order chi connectivity index (χ0) is 23.9. The fourth-order valence-electron chi connectivity index (χ4n) is 3.38.